The standard InChI is InChI=1S/C20H23N7O5S/c1-12-19(13(2)23-22-12)33(28,29)21-9-10-32-18-8-7-17-24-25-20(27(17)26-18)14-5-6-15(30-3)16(11-14)31-4/h5-8,11,21H,9-10H2,1-4H3,(H,22,23). The van der Waals surface area contributed by atoms with Crippen molar-refractivity contribution < 1.29 is 22.6 Å². The fourth-order valence-electron chi connectivity index (χ4n) is 3.34. The zero-order chi connectivity index (χ0) is 23.6. The second kappa shape index (κ2) is 9.03. The minimum atomic E-state index is -3.71. The van der Waals surface area contributed by atoms with Crippen LogP contribution in [0.15, 0.2) is 35.2 Å². The summed E-state index contributed by atoms with van der Waals surface area (Å²) in [5.41, 5.74) is 2.13. The minimum Gasteiger partial charge on any atom is -0.493 e. The number of H-pyrrole nitrogens is 1. The Morgan fingerprint density at radius 3 is 2.55 bits per heavy atom. The number of ether oxygens (including phenoxy) is 3. The fourth-order valence-corrected chi connectivity index (χ4v) is 4.72. The van der Waals surface area contributed by atoms with Crippen LogP contribution >= 0.6 is 0 Å². The van der Waals surface area contributed by atoms with Crippen LogP contribution < -0.4 is 18.9 Å². The van der Waals surface area contributed by atoms with Crippen LogP contribution in [-0.4, -0.2) is 65.8 Å². The lowest BCUT2D eigenvalue weighted by Gasteiger charge is -2.09. The molecule has 3 aromatic heterocycles. The van der Waals surface area contributed by atoms with Gasteiger partial charge in [0, 0.05) is 18.2 Å². The van der Waals surface area contributed by atoms with Crippen LogP contribution in [-0.2, 0) is 10.0 Å². The van der Waals surface area contributed by atoms with Crippen molar-refractivity contribution in [3.05, 3.63) is 41.7 Å². The van der Waals surface area contributed by atoms with Gasteiger partial charge >= 0.3 is 0 Å². The van der Waals surface area contributed by atoms with Gasteiger partial charge in [0.25, 0.3) is 0 Å². The molecule has 0 aliphatic carbocycles. The number of nitrogens with one attached hydrogen (secondary N) is 2. The van der Waals surface area contributed by atoms with Crippen LogP contribution in [0.4, 0.5) is 0 Å². The Balaban J connectivity index is 1.48. The fraction of sp³-hybridized carbons (Fsp3) is 0.300. The Bertz CT molecular complexity index is 1380. The number of benzene rings is 1. The molecule has 0 saturated heterocycles. The second-order valence-corrected chi connectivity index (χ2v) is 8.75. The molecule has 0 atom stereocenters. The van der Waals surface area contributed by atoms with Gasteiger partial charge in [-0.3, -0.25) is 5.10 Å². The molecular formula is C20H23N7O5S. The van der Waals surface area contributed by atoms with Gasteiger partial charge in [-0.1, -0.05) is 0 Å². The molecule has 0 fully saturated rings. The highest BCUT2D eigenvalue weighted by atomic mass is 32.2. The third-order valence-electron chi connectivity index (χ3n) is 4.85. The van der Waals surface area contributed by atoms with Crippen molar-refractivity contribution >= 4 is 15.7 Å². The Hall–Kier alpha value is -3.71. The van der Waals surface area contributed by atoms with Crippen molar-refractivity contribution in [3.8, 4) is 28.8 Å². The number of aryl methyl sites for hydroxylation is 2. The van der Waals surface area contributed by atoms with Gasteiger partial charge in [0.15, 0.2) is 23.0 Å². The Morgan fingerprint density at radius 2 is 1.85 bits per heavy atom. The molecule has 33 heavy (non-hydrogen) atoms. The van der Waals surface area contributed by atoms with Crippen molar-refractivity contribution in [1.29, 1.82) is 0 Å². The topological polar surface area (TPSA) is 146 Å². The van der Waals surface area contributed by atoms with E-state index in [1.165, 1.54) is 0 Å². The molecule has 12 nitrogen and oxygen atoms in total. The molecule has 0 radical (unpaired) electrons. The molecular weight excluding hydrogens is 450 g/mol. The lowest BCUT2D eigenvalue weighted by Crippen LogP contribution is -2.29. The summed E-state index contributed by atoms with van der Waals surface area (Å²) in [6, 6.07) is 8.72. The molecule has 0 amide bonds. The van der Waals surface area contributed by atoms with E-state index in [1.54, 1.807) is 56.8 Å². The molecule has 0 aliphatic heterocycles. The number of hydrogen-bond acceptors (Lipinski definition) is 9. The van der Waals surface area contributed by atoms with E-state index in [0.29, 0.717) is 40.2 Å². The highest BCUT2D eigenvalue weighted by molar-refractivity contribution is 7.89. The lowest BCUT2D eigenvalue weighted by molar-refractivity contribution is 0.306. The molecule has 2 N–H and O–H groups in total. The van der Waals surface area contributed by atoms with Crippen LogP contribution in [0.2, 0.25) is 0 Å². The molecule has 3 heterocycles. The van der Waals surface area contributed by atoms with Crippen LogP contribution in [0.3, 0.4) is 0 Å². The summed E-state index contributed by atoms with van der Waals surface area (Å²) in [7, 11) is -0.590. The van der Waals surface area contributed by atoms with Crippen molar-refractivity contribution in [2.24, 2.45) is 0 Å². The molecule has 1 aromatic carbocycles. The normalized spacial score (nSPS) is 11.6. The molecule has 174 valence electrons. The number of nitrogens with zero attached hydrogens (tertiary/aromatic N) is 5. The van der Waals surface area contributed by atoms with Gasteiger partial charge in [0.05, 0.1) is 25.6 Å². The zero-order valence-corrected chi connectivity index (χ0v) is 19.3. The Labute approximate surface area is 189 Å². The first kappa shape index (κ1) is 22.5. The number of sulfonamides is 1. The summed E-state index contributed by atoms with van der Waals surface area (Å²) in [6.07, 6.45) is 0. The van der Waals surface area contributed by atoms with Gasteiger partial charge in [-0.15, -0.1) is 15.3 Å². The Kier molecular flexibility index (Phi) is 6.16. The van der Waals surface area contributed by atoms with Crippen molar-refractivity contribution in [1.82, 2.24) is 34.7 Å². The maximum atomic E-state index is 12.5. The van der Waals surface area contributed by atoms with Crippen LogP contribution in [0.1, 0.15) is 11.4 Å². The van der Waals surface area contributed by atoms with E-state index >= 15 is 0 Å². The van der Waals surface area contributed by atoms with E-state index in [2.05, 4.69) is 30.2 Å². The van der Waals surface area contributed by atoms with Crippen LogP contribution in [0.5, 0.6) is 17.4 Å². The zero-order valence-electron chi connectivity index (χ0n) is 18.5. The Morgan fingerprint density at radius 1 is 1.06 bits per heavy atom. The highest BCUT2D eigenvalue weighted by Gasteiger charge is 2.21. The predicted octanol–water partition coefficient (Wildman–Crippen LogP) is 1.51. The molecule has 0 bridgehead atoms. The number of fused-ring (bicyclic) bond motifs is 1. The van der Waals surface area contributed by atoms with Crippen molar-refractivity contribution in [3.63, 3.8) is 0 Å². The van der Waals surface area contributed by atoms with Gasteiger partial charge < -0.3 is 14.2 Å². The van der Waals surface area contributed by atoms with Crippen molar-refractivity contribution in [2.75, 3.05) is 27.4 Å². The highest BCUT2D eigenvalue weighted by Crippen LogP contribution is 2.31. The molecule has 0 aliphatic rings. The van der Waals surface area contributed by atoms with Crippen LogP contribution in [0, 0.1) is 13.8 Å². The van der Waals surface area contributed by atoms with E-state index < -0.39 is 10.0 Å². The molecule has 13 heteroatoms. The van der Waals surface area contributed by atoms with Gasteiger partial charge in [0.1, 0.15) is 11.5 Å². The first-order chi connectivity index (χ1) is 15.8. The quantitative estimate of drug-likeness (QED) is 0.345. The van der Waals surface area contributed by atoms with Gasteiger partial charge in [-0.25, -0.2) is 13.1 Å². The second-order valence-electron chi connectivity index (χ2n) is 7.04. The number of rotatable bonds is 9. The molecule has 4 aromatic rings. The molecule has 0 unspecified atom stereocenters. The summed E-state index contributed by atoms with van der Waals surface area (Å²) >= 11 is 0. The van der Waals surface area contributed by atoms with E-state index in [0.717, 1.165) is 5.56 Å². The smallest absolute Gasteiger partial charge is 0.244 e. The van der Waals surface area contributed by atoms with Gasteiger partial charge in [0.2, 0.25) is 15.9 Å². The minimum absolute atomic E-state index is 0.0524. The monoisotopic (exact) mass is 473 g/mol. The molecule has 0 saturated carbocycles. The molecule has 4 rings (SSSR count). The van der Waals surface area contributed by atoms with Crippen molar-refractivity contribution in [2.45, 2.75) is 18.7 Å². The summed E-state index contributed by atoms with van der Waals surface area (Å²) in [5.74, 6) is 1.92. The summed E-state index contributed by atoms with van der Waals surface area (Å²) in [4.78, 5) is 0.145. The number of hydrogen-bond donors (Lipinski definition) is 2. The number of aromatic nitrogens is 6. The average molecular weight is 474 g/mol. The SMILES string of the molecule is COc1ccc(-c2nnc3ccc(OCCNS(=O)(=O)c4c(C)n[nH]c4C)nn23)cc1OC. The van der Waals surface area contributed by atoms with Gasteiger partial charge in [-0.2, -0.15) is 9.61 Å². The average Bonchev–Trinajstić information content (AvgIpc) is 3.38. The van der Waals surface area contributed by atoms with E-state index in [9.17, 15) is 8.42 Å². The predicted molar refractivity (Wildman–Crippen MR) is 118 cm³/mol. The van der Waals surface area contributed by atoms with E-state index in [1.807, 2.05) is 6.07 Å². The maximum absolute atomic E-state index is 12.5. The van der Waals surface area contributed by atoms with E-state index in [-0.39, 0.29) is 18.0 Å². The van der Waals surface area contributed by atoms with E-state index in [4.69, 9.17) is 14.2 Å². The third kappa shape index (κ3) is 4.45. The summed E-state index contributed by atoms with van der Waals surface area (Å²) in [6.45, 7) is 3.40. The first-order valence-corrected chi connectivity index (χ1v) is 11.4. The summed E-state index contributed by atoms with van der Waals surface area (Å²) in [5, 5.41) is 19.4. The summed E-state index contributed by atoms with van der Waals surface area (Å²) < 4.78 is 45.3. The van der Waals surface area contributed by atoms with Gasteiger partial charge in [-0.05, 0) is 38.1 Å². The largest absolute Gasteiger partial charge is 0.493 e. The lowest BCUT2D eigenvalue weighted by atomic mass is 10.2. The number of methoxy groups -OCH3 is 2. The van der Waals surface area contributed by atoms with Crippen LogP contribution in [0.25, 0.3) is 17.0 Å². The molecule has 0 spiro atoms. The number of aromatic amines is 1. The first-order valence-electron chi connectivity index (χ1n) is 9.93. The maximum Gasteiger partial charge on any atom is 0.244 e. The third-order valence-corrected chi connectivity index (χ3v) is 6.58.